The lowest BCUT2D eigenvalue weighted by molar-refractivity contribution is -0.384. The van der Waals surface area contributed by atoms with Gasteiger partial charge < -0.3 is 19.9 Å². The molecule has 1 N–H and O–H groups in total. The molecule has 2 heterocycles. The van der Waals surface area contributed by atoms with Crippen LogP contribution in [0.5, 0.6) is 5.75 Å². The number of nitro benzene ring substituents is 1. The minimum Gasteiger partial charge on any atom is -0.494 e. The molecule has 0 bridgehead atoms. The maximum absolute atomic E-state index is 13.0. The number of hydrogen-bond acceptors (Lipinski definition) is 10. The van der Waals surface area contributed by atoms with E-state index in [0.29, 0.717) is 52.4 Å². The summed E-state index contributed by atoms with van der Waals surface area (Å²) in [5, 5.41) is 15.7. The third kappa shape index (κ3) is 5.68. The lowest BCUT2D eigenvalue weighted by atomic mass is 10.1. The summed E-state index contributed by atoms with van der Waals surface area (Å²) < 4.78 is 33.9. The van der Waals surface area contributed by atoms with E-state index in [1.807, 2.05) is 31.1 Å². The highest BCUT2D eigenvalue weighted by Crippen LogP contribution is 2.39. The van der Waals surface area contributed by atoms with Crippen LogP contribution >= 0.6 is 0 Å². The van der Waals surface area contributed by atoms with Crippen molar-refractivity contribution in [1.82, 2.24) is 23.1 Å². The first-order chi connectivity index (χ1) is 18.9. The Morgan fingerprint density at radius 1 is 1.07 bits per heavy atom. The van der Waals surface area contributed by atoms with E-state index in [4.69, 9.17) is 4.74 Å². The zero-order chi connectivity index (χ0) is 29.2. The van der Waals surface area contributed by atoms with Crippen molar-refractivity contribution in [2.45, 2.75) is 0 Å². The van der Waals surface area contributed by atoms with Crippen molar-refractivity contribution in [2.24, 2.45) is 0 Å². The second kappa shape index (κ2) is 11.5. The molecule has 0 unspecified atom stereocenters. The van der Waals surface area contributed by atoms with Gasteiger partial charge in [0.1, 0.15) is 11.4 Å². The molecule has 2 aromatic heterocycles. The van der Waals surface area contributed by atoms with Crippen LogP contribution in [0.2, 0.25) is 0 Å². The highest BCUT2D eigenvalue weighted by Gasteiger charge is 2.24. The molecule has 0 amide bonds. The number of benzene rings is 2. The highest BCUT2D eigenvalue weighted by molar-refractivity contribution is 7.87. The van der Waals surface area contributed by atoms with Gasteiger partial charge in [-0.25, -0.2) is 13.9 Å². The van der Waals surface area contributed by atoms with E-state index in [1.165, 1.54) is 43.6 Å². The quantitative estimate of drug-likeness (QED) is 0.211. The monoisotopic (exact) mass is 568 g/mol. The van der Waals surface area contributed by atoms with Gasteiger partial charge in [0.25, 0.3) is 5.69 Å². The molecule has 13 nitrogen and oxygen atoms in total. The summed E-state index contributed by atoms with van der Waals surface area (Å²) in [6.45, 7) is 1.29. The largest absolute Gasteiger partial charge is 0.494 e. The molecule has 0 aliphatic carbocycles. The van der Waals surface area contributed by atoms with Gasteiger partial charge in [0.05, 0.1) is 28.9 Å². The molecule has 0 atom stereocenters. The van der Waals surface area contributed by atoms with Crippen LogP contribution in [0.25, 0.3) is 22.2 Å². The van der Waals surface area contributed by atoms with Crippen LogP contribution in [0.4, 0.5) is 23.0 Å². The molecule has 0 spiro atoms. The third-order valence-electron chi connectivity index (χ3n) is 6.35. The van der Waals surface area contributed by atoms with E-state index in [-0.39, 0.29) is 11.6 Å². The minimum absolute atomic E-state index is 0.0994. The molecule has 0 saturated carbocycles. The van der Waals surface area contributed by atoms with Crippen LogP contribution in [0.3, 0.4) is 0 Å². The lowest BCUT2D eigenvalue weighted by Gasteiger charge is -2.22. The number of rotatable bonds is 11. The summed E-state index contributed by atoms with van der Waals surface area (Å²) in [6, 6.07) is 11.8. The van der Waals surface area contributed by atoms with E-state index >= 15 is 0 Å². The summed E-state index contributed by atoms with van der Waals surface area (Å²) in [6.07, 6.45) is 3.05. The number of nitro groups is 1. The Hall–Kier alpha value is -4.27. The maximum atomic E-state index is 13.0. The van der Waals surface area contributed by atoms with Gasteiger partial charge in [0.15, 0.2) is 0 Å². The van der Waals surface area contributed by atoms with Crippen molar-refractivity contribution in [3.8, 4) is 17.0 Å². The van der Waals surface area contributed by atoms with Crippen molar-refractivity contribution in [3.63, 3.8) is 0 Å². The van der Waals surface area contributed by atoms with Crippen molar-refractivity contribution in [1.29, 1.82) is 0 Å². The number of methoxy groups -OCH3 is 1. The van der Waals surface area contributed by atoms with Crippen molar-refractivity contribution >= 4 is 44.1 Å². The first kappa shape index (κ1) is 28.7. The van der Waals surface area contributed by atoms with Crippen LogP contribution in [-0.2, 0) is 10.2 Å². The van der Waals surface area contributed by atoms with Gasteiger partial charge >= 0.3 is 10.2 Å². The number of ether oxygens (including phenoxy) is 1. The van der Waals surface area contributed by atoms with Gasteiger partial charge in [0, 0.05) is 69.7 Å². The predicted octanol–water partition coefficient (Wildman–Crippen LogP) is 3.41. The molecule has 0 radical (unpaired) electrons. The Balaban J connectivity index is 1.75. The predicted molar refractivity (Wildman–Crippen MR) is 156 cm³/mol. The van der Waals surface area contributed by atoms with Gasteiger partial charge in [-0.2, -0.15) is 12.7 Å². The first-order valence-corrected chi connectivity index (χ1v) is 13.7. The third-order valence-corrected chi connectivity index (χ3v) is 8.08. The number of anilines is 3. The average Bonchev–Trinajstić information content (AvgIpc) is 3.32. The minimum atomic E-state index is -3.79. The van der Waals surface area contributed by atoms with E-state index in [1.54, 1.807) is 36.2 Å². The van der Waals surface area contributed by atoms with Crippen molar-refractivity contribution in [3.05, 3.63) is 65.0 Å². The Kier molecular flexibility index (Phi) is 8.23. The smallest absolute Gasteiger partial charge is 0.307 e. The van der Waals surface area contributed by atoms with Crippen molar-refractivity contribution < 1.29 is 18.1 Å². The van der Waals surface area contributed by atoms with Gasteiger partial charge in [-0.1, -0.05) is 18.2 Å². The molecule has 0 aliphatic rings. The van der Waals surface area contributed by atoms with E-state index in [2.05, 4.69) is 15.3 Å². The molecule has 0 saturated heterocycles. The maximum Gasteiger partial charge on any atom is 0.307 e. The topological polar surface area (TPSA) is 139 Å². The Morgan fingerprint density at radius 2 is 1.80 bits per heavy atom. The summed E-state index contributed by atoms with van der Waals surface area (Å²) >= 11 is 0. The second-order valence-corrected chi connectivity index (χ2v) is 11.6. The van der Waals surface area contributed by atoms with Gasteiger partial charge in [0.2, 0.25) is 5.95 Å². The van der Waals surface area contributed by atoms with E-state index < -0.39 is 15.1 Å². The number of nitrogens with one attached hydrogen (secondary N) is 1. The number of para-hydroxylation sites is 1. The fourth-order valence-corrected chi connectivity index (χ4v) is 5.16. The summed E-state index contributed by atoms with van der Waals surface area (Å²) in [4.78, 5) is 24.2. The molecule has 0 fully saturated rings. The first-order valence-electron chi connectivity index (χ1n) is 12.3. The zero-order valence-electron chi connectivity index (χ0n) is 23.2. The summed E-state index contributed by atoms with van der Waals surface area (Å²) in [5.41, 5.74) is 2.19. The Labute approximate surface area is 232 Å². The molecule has 40 heavy (non-hydrogen) atoms. The molecule has 0 aliphatic heterocycles. The molecule has 14 heteroatoms. The SMILES string of the molecule is COc1cc(N(C)CCN(C)C)c([N+](=O)[O-])cc1Nc1nccc(-c2cn(S(=O)(=O)N(C)C)c3ccccc23)n1. The molecular weight excluding hydrogens is 536 g/mol. The van der Waals surface area contributed by atoms with Crippen LogP contribution in [0.1, 0.15) is 0 Å². The average molecular weight is 569 g/mol. The zero-order valence-corrected chi connectivity index (χ0v) is 24.0. The van der Waals surface area contributed by atoms with Gasteiger partial charge in [-0.05, 0) is 26.2 Å². The number of hydrogen-bond donors (Lipinski definition) is 1. The molecule has 4 aromatic rings. The standard InChI is InChI=1S/C26H32N8O5S/c1-30(2)13-14-32(5)23-16-25(39-6)21(15-24(23)34(35)36)29-26-27-12-11-20(28-26)19-17-33(40(37,38)31(3)4)22-10-8-7-9-18(19)22/h7-12,15-17H,13-14H2,1-6H3,(H,27,28,29). The number of likely N-dealkylation sites (N-methyl/N-ethyl adjacent to an activating group) is 2. The Morgan fingerprint density at radius 3 is 2.45 bits per heavy atom. The van der Waals surface area contributed by atoms with Gasteiger partial charge in [-0.3, -0.25) is 10.1 Å². The molecule has 212 valence electrons. The number of fused-ring (bicyclic) bond motifs is 1. The second-order valence-electron chi connectivity index (χ2n) is 9.56. The number of nitrogens with zero attached hydrogens (tertiary/aromatic N) is 7. The fourth-order valence-electron chi connectivity index (χ4n) is 4.16. The van der Waals surface area contributed by atoms with Crippen LogP contribution in [0, 0.1) is 10.1 Å². The molecular formula is C26H32N8O5S. The number of aromatic nitrogens is 3. The van der Waals surface area contributed by atoms with E-state index in [9.17, 15) is 18.5 Å². The normalized spacial score (nSPS) is 11.8. The van der Waals surface area contributed by atoms with Crippen LogP contribution < -0.4 is 15.0 Å². The lowest BCUT2D eigenvalue weighted by Crippen LogP contribution is -2.28. The van der Waals surface area contributed by atoms with Crippen molar-refractivity contribution in [2.75, 3.05) is 65.7 Å². The summed E-state index contributed by atoms with van der Waals surface area (Å²) in [7, 11) is 6.28. The molecule has 4 rings (SSSR count). The fraction of sp³-hybridized carbons (Fsp3) is 0.308. The van der Waals surface area contributed by atoms with E-state index in [0.717, 1.165) is 4.31 Å². The summed E-state index contributed by atoms with van der Waals surface area (Å²) in [5.74, 6) is 0.533. The van der Waals surface area contributed by atoms with Gasteiger partial charge in [-0.15, -0.1) is 0 Å². The highest BCUT2D eigenvalue weighted by atomic mass is 32.2. The Bertz CT molecular complexity index is 1650. The van der Waals surface area contributed by atoms with Crippen LogP contribution in [-0.4, -0.2) is 91.9 Å². The van der Waals surface area contributed by atoms with Crippen LogP contribution in [0.15, 0.2) is 54.9 Å². The molecule has 2 aromatic carbocycles.